The molecule has 4 nitrogen and oxygen atoms in total. The van der Waals surface area contributed by atoms with Gasteiger partial charge in [-0.3, -0.25) is 0 Å². The van der Waals surface area contributed by atoms with Gasteiger partial charge in [-0.15, -0.1) is 0 Å². The number of hydrogen-bond acceptors (Lipinski definition) is 4. The van der Waals surface area contributed by atoms with Gasteiger partial charge in [-0.25, -0.2) is 0 Å². The molecule has 0 aromatic rings. The SMILES string of the molecule is CCN(CC)CCOCCC[SiH2]C(OC)OC. The van der Waals surface area contributed by atoms with E-state index >= 15 is 0 Å². The molecule has 0 saturated carbocycles. The van der Waals surface area contributed by atoms with E-state index in [1.807, 2.05) is 0 Å². The number of methoxy groups -OCH3 is 2. The number of ether oxygens (including phenoxy) is 3. The molecule has 0 N–H and O–H groups in total. The van der Waals surface area contributed by atoms with Gasteiger partial charge in [0.05, 0.1) is 16.1 Å². The summed E-state index contributed by atoms with van der Waals surface area (Å²) < 4.78 is 16.0. The summed E-state index contributed by atoms with van der Waals surface area (Å²) in [5, 5.41) is 0. The van der Waals surface area contributed by atoms with Crippen molar-refractivity contribution < 1.29 is 14.2 Å². The molecule has 0 radical (unpaired) electrons. The standard InChI is InChI=1S/C12H29NO3Si/c1-5-13(6-2)8-10-16-9-7-11-17-12(14-3)15-4/h12H,5-11,17H2,1-4H3. The highest BCUT2D eigenvalue weighted by molar-refractivity contribution is 6.36. The maximum absolute atomic E-state index is 5.62. The van der Waals surface area contributed by atoms with Gasteiger partial charge in [0.15, 0.2) is 0 Å². The van der Waals surface area contributed by atoms with Gasteiger partial charge in [-0.1, -0.05) is 19.9 Å². The zero-order valence-corrected chi connectivity index (χ0v) is 13.3. The van der Waals surface area contributed by atoms with E-state index in [-0.39, 0.29) is 15.4 Å². The summed E-state index contributed by atoms with van der Waals surface area (Å²) in [6.45, 7) is 9.35. The molecule has 0 spiro atoms. The molecular formula is C12H29NO3Si. The van der Waals surface area contributed by atoms with Crippen LogP contribution < -0.4 is 0 Å². The molecule has 0 aromatic carbocycles. The van der Waals surface area contributed by atoms with Gasteiger partial charge in [0.1, 0.15) is 5.91 Å². The van der Waals surface area contributed by atoms with Crippen LogP contribution in [-0.4, -0.2) is 67.4 Å². The number of likely N-dealkylation sites (N-methyl/N-ethyl adjacent to an activating group) is 1. The lowest BCUT2D eigenvalue weighted by atomic mass is 10.5. The minimum Gasteiger partial charge on any atom is -0.380 e. The second-order valence-electron chi connectivity index (χ2n) is 4.04. The lowest BCUT2D eigenvalue weighted by molar-refractivity contribution is -0.0442. The second kappa shape index (κ2) is 12.5. The Labute approximate surface area is 108 Å². The second-order valence-corrected chi connectivity index (χ2v) is 5.99. The number of hydrogen-bond donors (Lipinski definition) is 0. The van der Waals surface area contributed by atoms with Gasteiger partial charge >= 0.3 is 0 Å². The van der Waals surface area contributed by atoms with E-state index in [2.05, 4.69) is 18.7 Å². The predicted octanol–water partition coefficient (Wildman–Crippen LogP) is 0.898. The van der Waals surface area contributed by atoms with Crippen molar-refractivity contribution in [1.29, 1.82) is 0 Å². The maximum Gasteiger partial charge on any atom is 0.134 e. The van der Waals surface area contributed by atoms with Gasteiger partial charge < -0.3 is 19.1 Å². The molecular weight excluding hydrogens is 234 g/mol. The summed E-state index contributed by atoms with van der Waals surface area (Å²) in [4.78, 5) is 2.38. The van der Waals surface area contributed by atoms with Crippen molar-refractivity contribution in [2.45, 2.75) is 32.2 Å². The first-order valence-corrected chi connectivity index (χ1v) is 8.45. The van der Waals surface area contributed by atoms with Crippen LogP contribution in [0.25, 0.3) is 0 Å². The summed E-state index contributed by atoms with van der Waals surface area (Å²) in [5.74, 6) is 0.0747. The van der Waals surface area contributed by atoms with E-state index in [9.17, 15) is 0 Å². The molecule has 0 amide bonds. The molecule has 0 bridgehead atoms. The monoisotopic (exact) mass is 263 g/mol. The van der Waals surface area contributed by atoms with Gasteiger partial charge in [0.2, 0.25) is 0 Å². The highest BCUT2D eigenvalue weighted by atomic mass is 28.2. The maximum atomic E-state index is 5.62. The molecule has 0 atom stereocenters. The summed E-state index contributed by atoms with van der Waals surface area (Å²) >= 11 is 0. The highest BCUT2D eigenvalue weighted by Crippen LogP contribution is 1.97. The largest absolute Gasteiger partial charge is 0.380 e. The Hall–Kier alpha value is 0.0569. The fourth-order valence-corrected chi connectivity index (χ4v) is 2.98. The van der Waals surface area contributed by atoms with Gasteiger partial charge in [0.25, 0.3) is 0 Å². The highest BCUT2D eigenvalue weighted by Gasteiger charge is 2.04. The van der Waals surface area contributed by atoms with Gasteiger partial charge in [-0.2, -0.15) is 0 Å². The lowest BCUT2D eigenvalue weighted by Crippen LogP contribution is -2.27. The Bertz CT molecular complexity index is 137. The average Bonchev–Trinajstić information content (AvgIpc) is 2.37. The molecule has 0 aliphatic carbocycles. The first-order chi connectivity index (χ1) is 8.28. The molecule has 0 fully saturated rings. The Morgan fingerprint density at radius 2 is 1.71 bits per heavy atom. The molecule has 0 aliphatic rings. The Kier molecular flexibility index (Phi) is 12.6. The van der Waals surface area contributed by atoms with Crippen LogP contribution in [0.5, 0.6) is 0 Å². The van der Waals surface area contributed by atoms with Crippen LogP contribution in [0.3, 0.4) is 0 Å². The van der Waals surface area contributed by atoms with Gasteiger partial charge in [-0.05, 0) is 19.5 Å². The Morgan fingerprint density at radius 3 is 2.24 bits per heavy atom. The molecule has 0 aliphatic heterocycles. The fraction of sp³-hybridized carbons (Fsp3) is 1.00. The van der Waals surface area contributed by atoms with Crippen molar-refractivity contribution in [2.24, 2.45) is 0 Å². The van der Waals surface area contributed by atoms with Crippen LogP contribution in [0, 0.1) is 0 Å². The van der Waals surface area contributed by atoms with Crippen LogP contribution in [0.2, 0.25) is 6.04 Å². The summed E-state index contributed by atoms with van der Waals surface area (Å²) in [6, 6.07) is 1.22. The summed E-state index contributed by atoms with van der Waals surface area (Å²) in [5.41, 5.74) is 0. The van der Waals surface area contributed by atoms with Crippen molar-refractivity contribution in [3.63, 3.8) is 0 Å². The molecule has 0 heterocycles. The topological polar surface area (TPSA) is 30.9 Å². The van der Waals surface area contributed by atoms with Crippen LogP contribution >= 0.6 is 0 Å². The minimum absolute atomic E-state index is 0.0747. The van der Waals surface area contributed by atoms with Crippen LogP contribution in [-0.2, 0) is 14.2 Å². The van der Waals surface area contributed by atoms with E-state index in [0.29, 0.717) is 0 Å². The molecule has 104 valence electrons. The van der Waals surface area contributed by atoms with E-state index in [4.69, 9.17) is 14.2 Å². The zero-order valence-electron chi connectivity index (χ0n) is 11.9. The first-order valence-electron chi connectivity index (χ1n) is 6.64. The smallest absolute Gasteiger partial charge is 0.134 e. The number of nitrogens with zero attached hydrogens (tertiary/aromatic N) is 1. The average molecular weight is 263 g/mol. The fourth-order valence-electron chi connectivity index (χ4n) is 1.68. The Morgan fingerprint density at radius 1 is 1.06 bits per heavy atom. The van der Waals surface area contributed by atoms with Crippen molar-refractivity contribution in [2.75, 3.05) is 47.1 Å². The van der Waals surface area contributed by atoms with E-state index in [1.165, 1.54) is 6.04 Å². The predicted molar refractivity (Wildman–Crippen MR) is 74.4 cm³/mol. The third-order valence-electron chi connectivity index (χ3n) is 2.95. The van der Waals surface area contributed by atoms with Gasteiger partial charge in [0, 0.05) is 27.4 Å². The third-order valence-corrected chi connectivity index (χ3v) is 5.00. The number of rotatable bonds is 12. The quantitative estimate of drug-likeness (QED) is 0.297. The first kappa shape index (κ1) is 17.1. The molecule has 0 unspecified atom stereocenters. The molecule has 5 heteroatoms. The van der Waals surface area contributed by atoms with Crippen LogP contribution in [0.4, 0.5) is 0 Å². The summed E-state index contributed by atoms with van der Waals surface area (Å²) in [6.07, 6.45) is 1.13. The zero-order chi connectivity index (χ0) is 12.9. The Balaban J connectivity index is 3.23. The summed E-state index contributed by atoms with van der Waals surface area (Å²) in [7, 11) is 3.15. The van der Waals surface area contributed by atoms with Crippen molar-refractivity contribution >= 4 is 9.52 Å². The third kappa shape index (κ3) is 9.73. The molecule has 17 heavy (non-hydrogen) atoms. The molecule has 0 rings (SSSR count). The van der Waals surface area contributed by atoms with E-state index in [1.54, 1.807) is 14.2 Å². The normalized spacial score (nSPS) is 12.4. The van der Waals surface area contributed by atoms with E-state index < -0.39 is 0 Å². The van der Waals surface area contributed by atoms with E-state index in [0.717, 1.165) is 39.3 Å². The lowest BCUT2D eigenvalue weighted by Gasteiger charge is -2.17. The van der Waals surface area contributed by atoms with Crippen molar-refractivity contribution in [1.82, 2.24) is 4.90 Å². The van der Waals surface area contributed by atoms with Crippen LogP contribution in [0.15, 0.2) is 0 Å². The minimum atomic E-state index is -0.268. The molecule has 0 aromatic heterocycles. The van der Waals surface area contributed by atoms with Crippen molar-refractivity contribution in [3.05, 3.63) is 0 Å². The van der Waals surface area contributed by atoms with Crippen molar-refractivity contribution in [3.8, 4) is 0 Å². The molecule has 0 saturated heterocycles. The van der Waals surface area contributed by atoms with Crippen LogP contribution in [0.1, 0.15) is 20.3 Å².